The van der Waals surface area contributed by atoms with Crippen molar-refractivity contribution >= 4 is 5.78 Å². The van der Waals surface area contributed by atoms with E-state index >= 15 is 0 Å². The number of carbonyl (C=O) groups is 1. The minimum Gasteiger partial charge on any atom is -0.300 e. The Labute approximate surface area is 121 Å². The summed E-state index contributed by atoms with van der Waals surface area (Å²) < 4.78 is 0. The van der Waals surface area contributed by atoms with Crippen LogP contribution in [0.2, 0.25) is 0 Å². The Bertz CT molecular complexity index is 186. The van der Waals surface area contributed by atoms with E-state index in [0.29, 0.717) is 5.78 Å². The van der Waals surface area contributed by atoms with Gasteiger partial charge in [-0.3, -0.25) is 4.79 Å². The van der Waals surface area contributed by atoms with Crippen molar-refractivity contribution in [1.82, 2.24) is 0 Å². The molecule has 0 aromatic rings. The van der Waals surface area contributed by atoms with Crippen LogP contribution in [0.15, 0.2) is 0 Å². The van der Waals surface area contributed by atoms with Crippen LogP contribution in [0.1, 0.15) is 110 Å². The summed E-state index contributed by atoms with van der Waals surface area (Å²) >= 11 is 0. The third-order valence-corrected chi connectivity index (χ3v) is 3.87. The summed E-state index contributed by atoms with van der Waals surface area (Å²) in [5.74, 6) is 0.494. The van der Waals surface area contributed by atoms with E-state index in [-0.39, 0.29) is 0 Å². The molecule has 0 aliphatic heterocycles. The van der Waals surface area contributed by atoms with Crippen LogP contribution in [-0.2, 0) is 4.79 Å². The molecule has 0 aliphatic carbocycles. The zero-order valence-corrected chi connectivity index (χ0v) is 13.5. The molecule has 19 heavy (non-hydrogen) atoms. The minimum atomic E-state index is 0.494. The molecule has 0 radical (unpaired) electrons. The molecule has 0 aliphatic rings. The van der Waals surface area contributed by atoms with Crippen molar-refractivity contribution in [2.75, 3.05) is 0 Å². The summed E-state index contributed by atoms with van der Waals surface area (Å²) in [5, 5.41) is 0. The monoisotopic (exact) mass is 268 g/mol. The molecule has 0 heterocycles. The SMILES string of the molecule is CCCCCCCCCCCCC(=O)CCCCC. The van der Waals surface area contributed by atoms with Crippen molar-refractivity contribution in [3.63, 3.8) is 0 Å². The summed E-state index contributed by atoms with van der Waals surface area (Å²) in [5.41, 5.74) is 0. The quantitative estimate of drug-likeness (QED) is 0.312. The Morgan fingerprint density at radius 3 is 1.32 bits per heavy atom. The lowest BCUT2D eigenvalue weighted by Crippen LogP contribution is -1.97. The average Bonchev–Trinajstić information content (AvgIpc) is 2.41. The highest BCUT2D eigenvalue weighted by molar-refractivity contribution is 5.78. The van der Waals surface area contributed by atoms with E-state index in [9.17, 15) is 4.79 Å². The Morgan fingerprint density at radius 2 is 0.842 bits per heavy atom. The standard InChI is InChI=1S/C18H36O/c1-3-5-7-8-9-10-11-12-13-15-17-18(19)16-14-6-4-2/h3-17H2,1-2H3. The molecule has 0 saturated heterocycles. The predicted octanol–water partition coefficient (Wildman–Crippen LogP) is 6.45. The second-order valence-electron chi connectivity index (χ2n) is 5.93. The molecule has 0 unspecified atom stereocenters. The van der Waals surface area contributed by atoms with E-state index in [4.69, 9.17) is 0 Å². The van der Waals surface area contributed by atoms with Crippen molar-refractivity contribution in [3.05, 3.63) is 0 Å². The summed E-state index contributed by atoms with van der Waals surface area (Å²) in [6.45, 7) is 4.45. The number of carbonyl (C=O) groups excluding carboxylic acids is 1. The Kier molecular flexibility index (Phi) is 15.5. The molecule has 0 aromatic heterocycles. The predicted molar refractivity (Wildman–Crippen MR) is 85.6 cm³/mol. The largest absolute Gasteiger partial charge is 0.300 e. The second kappa shape index (κ2) is 15.7. The van der Waals surface area contributed by atoms with Crippen molar-refractivity contribution in [2.24, 2.45) is 0 Å². The van der Waals surface area contributed by atoms with Crippen LogP contribution < -0.4 is 0 Å². The zero-order chi connectivity index (χ0) is 14.2. The number of unbranched alkanes of at least 4 members (excludes halogenated alkanes) is 11. The molecular formula is C18H36O. The van der Waals surface area contributed by atoms with Gasteiger partial charge in [0.25, 0.3) is 0 Å². The molecule has 0 atom stereocenters. The van der Waals surface area contributed by atoms with Crippen molar-refractivity contribution in [2.45, 2.75) is 110 Å². The van der Waals surface area contributed by atoms with Gasteiger partial charge in [0.1, 0.15) is 5.78 Å². The van der Waals surface area contributed by atoms with E-state index in [2.05, 4.69) is 13.8 Å². The van der Waals surface area contributed by atoms with Gasteiger partial charge in [-0.05, 0) is 12.8 Å². The fourth-order valence-electron chi connectivity index (χ4n) is 2.51. The lowest BCUT2D eigenvalue weighted by molar-refractivity contribution is -0.119. The average molecular weight is 268 g/mol. The molecule has 0 fully saturated rings. The summed E-state index contributed by atoms with van der Waals surface area (Å²) in [7, 11) is 0. The Balaban J connectivity index is 3.07. The van der Waals surface area contributed by atoms with Gasteiger partial charge >= 0.3 is 0 Å². The highest BCUT2D eigenvalue weighted by atomic mass is 16.1. The molecular weight excluding hydrogens is 232 g/mol. The van der Waals surface area contributed by atoms with Crippen molar-refractivity contribution in [1.29, 1.82) is 0 Å². The van der Waals surface area contributed by atoms with E-state index in [1.54, 1.807) is 0 Å². The fourth-order valence-corrected chi connectivity index (χ4v) is 2.51. The van der Waals surface area contributed by atoms with Crippen LogP contribution in [0.4, 0.5) is 0 Å². The van der Waals surface area contributed by atoms with Crippen LogP contribution in [0, 0.1) is 0 Å². The number of hydrogen-bond donors (Lipinski definition) is 0. The van der Waals surface area contributed by atoms with Gasteiger partial charge in [0, 0.05) is 12.8 Å². The van der Waals surface area contributed by atoms with Gasteiger partial charge in [0.05, 0.1) is 0 Å². The van der Waals surface area contributed by atoms with Gasteiger partial charge in [-0.1, -0.05) is 84.5 Å². The first-order valence-corrected chi connectivity index (χ1v) is 8.83. The fraction of sp³-hybridized carbons (Fsp3) is 0.944. The Hall–Kier alpha value is -0.330. The maximum Gasteiger partial charge on any atom is 0.132 e. The van der Waals surface area contributed by atoms with Crippen LogP contribution in [0.5, 0.6) is 0 Å². The van der Waals surface area contributed by atoms with E-state index in [1.807, 2.05) is 0 Å². The van der Waals surface area contributed by atoms with E-state index in [1.165, 1.54) is 70.6 Å². The summed E-state index contributed by atoms with van der Waals surface area (Å²) in [6.07, 6.45) is 18.7. The topological polar surface area (TPSA) is 17.1 Å². The maximum absolute atomic E-state index is 11.6. The number of ketones is 1. The molecule has 0 N–H and O–H groups in total. The molecule has 0 saturated carbocycles. The van der Waals surface area contributed by atoms with Crippen LogP contribution >= 0.6 is 0 Å². The smallest absolute Gasteiger partial charge is 0.132 e. The van der Waals surface area contributed by atoms with Crippen LogP contribution in [0.25, 0.3) is 0 Å². The van der Waals surface area contributed by atoms with Crippen molar-refractivity contribution < 1.29 is 4.79 Å². The first-order valence-electron chi connectivity index (χ1n) is 8.83. The van der Waals surface area contributed by atoms with Gasteiger partial charge in [0.15, 0.2) is 0 Å². The Morgan fingerprint density at radius 1 is 0.526 bits per heavy atom. The summed E-state index contributed by atoms with van der Waals surface area (Å²) in [6, 6.07) is 0. The molecule has 114 valence electrons. The van der Waals surface area contributed by atoms with Gasteiger partial charge in [-0.15, -0.1) is 0 Å². The molecule has 0 rings (SSSR count). The molecule has 0 bridgehead atoms. The number of hydrogen-bond acceptors (Lipinski definition) is 1. The third-order valence-electron chi connectivity index (χ3n) is 3.87. The highest BCUT2D eigenvalue weighted by Gasteiger charge is 2.01. The number of rotatable bonds is 15. The molecule has 0 spiro atoms. The minimum absolute atomic E-state index is 0.494. The molecule has 0 amide bonds. The van der Waals surface area contributed by atoms with Gasteiger partial charge in [-0.25, -0.2) is 0 Å². The van der Waals surface area contributed by atoms with Gasteiger partial charge in [0.2, 0.25) is 0 Å². The first-order chi connectivity index (χ1) is 9.31. The van der Waals surface area contributed by atoms with E-state index < -0.39 is 0 Å². The molecule has 0 aromatic carbocycles. The highest BCUT2D eigenvalue weighted by Crippen LogP contribution is 2.12. The molecule has 1 nitrogen and oxygen atoms in total. The maximum atomic E-state index is 11.6. The lowest BCUT2D eigenvalue weighted by Gasteiger charge is -2.02. The first kappa shape index (κ1) is 18.7. The molecule has 1 heteroatoms. The van der Waals surface area contributed by atoms with Gasteiger partial charge in [-0.2, -0.15) is 0 Å². The second-order valence-corrected chi connectivity index (χ2v) is 5.93. The summed E-state index contributed by atoms with van der Waals surface area (Å²) in [4.78, 5) is 11.6. The lowest BCUT2D eigenvalue weighted by atomic mass is 10.0. The normalized spacial score (nSPS) is 10.8. The zero-order valence-electron chi connectivity index (χ0n) is 13.5. The van der Waals surface area contributed by atoms with Gasteiger partial charge < -0.3 is 0 Å². The number of Topliss-reactive ketones (excluding diaryl/α,β-unsaturated/α-hetero) is 1. The van der Waals surface area contributed by atoms with E-state index in [0.717, 1.165) is 25.7 Å². The third kappa shape index (κ3) is 15.6. The van der Waals surface area contributed by atoms with Crippen molar-refractivity contribution in [3.8, 4) is 0 Å². The van der Waals surface area contributed by atoms with Crippen LogP contribution in [-0.4, -0.2) is 5.78 Å². The van der Waals surface area contributed by atoms with Crippen LogP contribution in [0.3, 0.4) is 0 Å².